The van der Waals surface area contributed by atoms with Crippen molar-refractivity contribution < 1.29 is 23.0 Å². The summed E-state index contributed by atoms with van der Waals surface area (Å²) in [5, 5.41) is 5.26. The molecule has 2 amide bonds. The normalized spacial score (nSPS) is 10.1. The van der Waals surface area contributed by atoms with Gasteiger partial charge in [-0.2, -0.15) is 0 Å². The number of ether oxygens (including phenoxy) is 2. The molecule has 0 fully saturated rings. The predicted octanol–water partition coefficient (Wildman–Crippen LogP) is 2.85. The van der Waals surface area contributed by atoms with Gasteiger partial charge in [-0.1, -0.05) is 18.2 Å². The SMILES string of the molecule is COc1ccccc1CNC(=O)NCCOc1ccc(F)cc1F. The monoisotopic (exact) mass is 336 g/mol. The van der Waals surface area contributed by atoms with Crippen molar-refractivity contribution in [3.8, 4) is 11.5 Å². The minimum absolute atomic E-state index is 0.0601. The first-order valence-electron chi connectivity index (χ1n) is 7.31. The van der Waals surface area contributed by atoms with Crippen LogP contribution in [-0.4, -0.2) is 26.3 Å². The predicted molar refractivity (Wildman–Crippen MR) is 85.1 cm³/mol. The van der Waals surface area contributed by atoms with E-state index in [1.54, 1.807) is 13.2 Å². The molecule has 0 aliphatic carbocycles. The average molecular weight is 336 g/mol. The molecule has 5 nitrogen and oxygen atoms in total. The summed E-state index contributed by atoms with van der Waals surface area (Å²) in [6.07, 6.45) is 0. The Kier molecular flexibility index (Phi) is 6.36. The number of urea groups is 1. The van der Waals surface area contributed by atoms with Crippen LogP contribution in [0, 0.1) is 11.6 Å². The molecular formula is C17H18F2N2O3. The summed E-state index contributed by atoms with van der Waals surface area (Å²) in [4.78, 5) is 11.7. The Bertz CT molecular complexity index is 695. The van der Waals surface area contributed by atoms with Crippen LogP contribution in [0.4, 0.5) is 13.6 Å². The van der Waals surface area contributed by atoms with Crippen molar-refractivity contribution in [3.05, 3.63) is 59.7 Å². The number of hydrogen-bond acceptors (Lipinski definition) is 3. The second-order valence-corrected chi connectivity index (χ2v) is 4.84. The number of halogens is 2. The molecule has 24 heavy (non-hydrogen) atoms. The highest BCUT2D eigenvalue weighted by Gasteiger charge is 2.06. The van der Waals surface area contributed by atoms with E-state index in [0.717, 1.165) is 17.7 Å². The molecule has 0 bridgehead atoms. The molecule has 7 heteroatoms. The zero-order chi connectivity index (χ0) is 17.4. The number of methoxy groups -OCH3 is 1. The number of carbonyl (C=O) groups is 1. The summed E-state index contributed by atoms with van der Waals surface area (Å²) in [5.41, 5.74) is 0.847. The Hall–Kier alpha value is -2.83. The van der Waals surface area contributed by atoms with Crippen LogP contribution in [0.2, 0.25) is 0 Å². The number of benzene rings is 2. The molecule has 0 radical (unpaired) electrons. The zero-order valence-electron chi connectivity index (χ0n) is 13.1. The fourth-order valence-electron chi connectivity index (χ4n) is 2.00. The first-order chi connectivity index (χ1) is 11.6. The third kappa shape index (κ3) is 5.12. The van der Waals surface area contributed by atoms with Gasteiger partial charge in [-0.3, -0.25) is 0 Å². The number of nitrogens with one attached hydrogen (secondary N) is 2. The molecule has 2 rings (SSSR count). The zero-order valence-corrected chi connectivity index (χ0v) is 13.1. The molecule has 2 N–H and O–H groups in total. The van der Waals surface area contributed by atoms with E-state index in [1.165, 1.54) is 6.07 Å². The third-order valence-electron chi connectivity index (χ3n) is 3.17. The molecule has 0 atom stereocenters. The van der Waals surface area contributed by atoms with Gasteiger partial charge in [-0.15, -0.1) is 0 Å². The van der Waals surface area contributed by atoms with Gasteiger partial charge in [-0.05, 0) is 18.2 Å². The van der Waals surface area contributed by atoms with E-state index in [9.17, 15) is 13.6 Å². The number of para-hydroxylation sites is 1. The van der Waals surface area contributed by atoms with Gasteiger partial charge in [0.05, 0.1) is 13.7 Å². The first kappa shape index (κ1) is 17.5. The van der Waals surface area contributed by atoms with Crippen LogP contribution in [0.15, 0.2) is 42.5 Å². The summed E-state index contributed by atoms with van der Waals surface area (Å²) in [6, 6.07) is 10.0. The van der Waals surface area contributed by atoms with Crippen molar-refractivity contribution >= 4 is 6.03 Å². The molecule has 128 valence electrons. The number of hydrogen-bond donors (Lipinski definition) is 2. The van der Waals surface area contributed by atoms with Gasteiger partial charge in [0, 0.05) is 18.2 Å². The lowest BCUT2D eigenvalue weighted by Gasteiger charge is -2.11. The van der Waals surface area contributed by atoms with Crippen LogP contribution >= 0.6 is 0 Å². The second kappa shape index (κ2) is 8.71. The van der Waals surface area contributed by atoms with Crippen molar-refractivity contribution in [3.63, 3.8) is 0 Å². The molecule has 0 aromatic heterocycles. The van der Waals surface area contributed by atoms with E-state index in [1.807, 2.05) is 18.2 Å². The summed E-state index contributed by atoms with van der Waals surface area (Å²) in [7, 11) is 1.56. The highest BCUT2D eigenvalue weighted by Crippen LogP contribution is 2.17. The summed E-state index contributed by atoms with van der Waals surface area (Å²) >= 11 is 0. The van der Waals surface area contributed by atoms with Crippen molar-refractivity contribution in [1.29, 1.82) is 0 Å². The van der Waals surface area contributed by atoms with Crippen LogP contribution in [-0.2, 0) is 6.54 Å². The molecule has 0 spiro atoms. The van der Waals surface area contributed by atoms with Gasteiger partial charge in [0.25, 0.3) is 0 Å². The first-order valence-corrected chi connectivity index (χ1v) is 7.31. The van der Waals surface area contributed by atoms with Crippen LogP contribution in [0.1, 0.15) is 5.56 Å². The van der Waals surface area contributed by atoms with E-state index >= 15 is 0 Å². The van der Waals surface area contributed by atoms with Crippen LogP contribution in [0.5, 0.6) is 11.5 Å². The molecule has 0 aliphatic heterocycles. The molecule has 2 aromatic rings. The summed E-state index contributed by atoms with van der Waals surface area (Å²) in [5.74, 6) is -0.829. The highest BCUT2D eigenvalue weighted by atomic mass is 19.1. The lowest BCUT2D eigenvalue weighted by atomic mass is 10.2. The number of amides is 2. The smallest absolute Gasteiger partial charge is 0.315 e. The van der Waals surface area contributed by atoms with Gasteiger partial charge in [0.1, 0.15) is 18.2 Å². The largest absolute Gasteiger partial charge is 0.496 e. The minimum atomic E-state index is -0.782. The molecule has 2 aromatic carbocycles. The van der Waals surface area contributed by atoms with E-state index in [0.29, 0.717) is 12.3 Å². The van der Waals surface area contributed by atoms with Crippen molar-refractivity contribution in [1.82, 2.24) is 10.6 Å². The second-order valence-electron chi connectivity index (χ2n) is 4.84. The van der Waals surface area contributed by atoms with E-state index in [4.69, 9.17) is 9.47 Å². The van der Waals surface area contributed by atoms with Crippen molar-refractivity contribution in [2.75, 3.05) is 20.3 Å². The average Bonchev–Trinajstić information content (AvgIpc) is 2.58. The molecule has 0 saturated heterocycles. The molecule has 0 heterocycles. The highest BCUT2D eigenvalue weighted by molar-refractivity contribution is 5.73. The Balaban J connectivity index is 1.70. The van der Waals surface area contributed by atoms with E-state index in [-0.39, 0.29) is 24.9 Å². The number of rotatable bonds is 7. The van der Waals surface area contributed by atoms with Gasteiger partial charge in [-0.25, -0.2) is 13.6 Å². The molecular weight excluding hydrogens is 318 g/mol. The third-order valence-corrected chi connectivity index (χ3v) is 3.17. The Morgan fingerprint density at radius 3 is 2.62 bits per heavy atom. The molecule has 0 saturated carbocycles. The fraction of sp³-hybridized carbons (Fsp3) is 0.235. The van der Waals surface area contributed by atoms with Crippen molar-refractivity contribution in [2.45, 2.75) is 6.54 Å². The molecule has 0 unspecified atom stereocenters. The summed E-state index contributed by atoms with van der Waals surface area (Å²) < 4.78 is 36.4. The van der Waals surface area contributed by atoms with Gasteiger partial charge < -0.3 is 20.1 Å². The van der Waals surface area contributed by atoms with Gasteiger partial charge in [0.15, 0.2) is 11.6 Å². The standard InChI is InChI=1S/C17H18F2N2O3/c1-23-15-5-3-2-4-12(15)11-21-17(22)20-8-9-24-16-7-6-13(18)10-14(16)19/h2-7,10H,8-9,11H2,1H3,(H2,20,21,22). The Labute approximate surface area is 138 Å². The van der Waals surface area contributed by atoms with Crippen LogP contribution in [0.3, 0.4) is 0 Å². The lowest BCUT2D eigenvalue weighted by Crippen LogP contribution is -2.37. The minimum Gasteiger partial charge on any atom is -0.496 e. The molecule has 0 aliphatic rings. The number of carbonyl (C=O) groups excluding carboxylic acids is 1. The maximum Gasteiger partial charge on any atom is 0.315 e. The van der Waals surface area contributed by atoms with E-state index < -0.39 is 11.6 Å². The van der Waals surface area contributed by atoms with Crippen LogP contribution in [0.25, 0.3) is 0 Å². The van der Waals surface area contributed by atoms with Crippen LogP contribution < -0.4 is 20.1 Å². The maximum atomic E-state index is 13.3. The lowest BCUT2D eigenvalue weighted by molar-refractivity contribution is 0.235. The summed E-state index contributed by atoms with van der Waals surface area (Å²) in [6.45, 7) is 0.544. The quantitative estimate of drug-likeness (QED) is 0.765. The maximum absolute atomic E-state index is 13.3. The van der Waals surface area contributed by atoms with Crippen molar-refractivity contribution in [2.24, 2.45) is 0 Å². The Morgan fingerprint density at radius 2 is 1.88 bits per heavy atom. The Morgan fingerprint density at radius 1 is 1.08 bits per heavy atom. The topological polar surface area (TPSA) is 59.6 Å². The van der Waals surface area contributed by atoms with E-state index in [2.05, 4.69) is 10.6 Å². The van der Waals surface area contributed by atoms with Gasteiger partial charge in [0.2, 0.25) is 0 Å². The fourth-order valence-corrected chi connectivity index (χ4v) is 2.00. The van der Waals surface area contributed by atoms with Gasteiger partial charge >= 0.3 is 6.03 Å².